The third-order valence-corrected chi connectivity index (χ3v) is 3.45. The van der Waals surface area contributed by atoms with Crippen LogP contribution in [0, 0.1) is 10.1 Å². The molecule has 1 heterocycles. The number of halogens is 1. The number of aromatic amines is 1. The maximum absolute atomic E-state index is 11.8. The number of nitro groups is 1. The molecule has 1 aromatic rings. The van der Waals surface area contributed by atoms with Crippen molar-refractivity contribution in [3.8, 4) is 0 Å². The maximum Gasteiger partial charge on any atom is 0.357 e. The van der Waals surface area contributed by atoms with Crippen molar-refractivity contribution >= 4 is 27.7 Å². The largest absolute Gasteiger partial charge is 0.358 e. The lowest BCUT2D eigenvalue weighted by Gasteiger charge is -2.17. The Labute approximate surface area is 118 Å². The summed E-state index contributed by atoms with van der Waals surface area (Å²) >= 11 is 2.99. The van der Waals surface area contributed by atoms with Crippen LogP contribution in [0.3, 0.4) is 0 Å². The van der Waals surface area contributed by atoms with Gasteiger partial charge in [0.1, 0.15) is 4.47 Å². The van der Waals surface area contributed by atoms with Crippen LogP contribution < -0.4 is 5.32 Å². The standard InChI is InChI=1S/C10H16BrN5O3/c1-3-15(4-2)6-5-12-10(17)8-7(11)9(14-13-8)16(18)19/h3-6H2,1-2H3,(H,12,17)(H,13,14). The van der Waals surface area contributed by atoms with Gasteiger partial charge < -0.3 is 20.3 Å². The fraction of sp³-hybridized carbons (Fsp3) is 0.600. The van der Waals surface area contributed by atoms with E-state index in [0.717, 1.165) is 19.6 Å². The summed E-state index contributed by atoms with van der Waals surface area (Å²) in [5.41, 5.74) is -0.00810. The van der Waals surface area contributed by atoms with Crippen LogP contribution in [0.5, 0.6) is 0 Å². The minimum absolute atomic E-state index is 0.00810. The van der Waals surface area contributed by atoms with E-state index in [0.29, 0.717) is 6.54 Å². The summed E-state index contributed by atoms with van der Waals surface area (Å²) in [5.74, 6) is -0.766. The van der Waals surface area contributed by atoms with E-state index in [-0.39, 0.29) is 16.0 Å². The molecule has 0 saturated carbocycles. The topological polar surface area (TPSA) is 104 Å². The van der Waals surface area contributed by atoms with E-state index in [4.69, 9.17) is 0 Å². The molecule has 1 rings (SSSR count). The summed E-state index contributed by atoms with van der Waals surface area (Å²) in [6.07, 6.45) is 0. The molecule has 1 amide bonds. The highest BCUT2D eigenvalue weighted by molar-refractivity contribution is 9.10. The van der Waals surface area contributed by atoms with Gasteiger partial charge in [0.05, 0.1) is 0 Å². The lowest BCUT2D eigenvalue weighted by molar-refractivity contribution is -0.390. The summed E-state index contributed by atoms with van der Waals surface area (Å²) in [4.78, 5) is 23.9. The fourth-order valence-electron chi connectivity index (χ4n) is 1.54. The molecule has 0 aromatic carbocycles. The van der Waals surface area contributed by atoms with Gasteiger partial charge in [-0.1, -0.05) is 18.9 Å². The van der Waals surface area contributed by atoms with E-state index in [1.165, 1.54) is 0 Å². The Kier molecular flexibility index (Phi) is 5.90. The number of hydrogen-bond donors (Lipinski definition) is 2. The van der Waals surface area contributed by atoms with Crippen molar-refractivity contribution in [2.45, 2.75) is 13.8 Å². The fourth-order valence-corrected chi connectivity index (χ4v) is 2.04. The minimum atomic E-state index is -0.635. The van der Waals surface area contributed by atoms with Gasteiger partial charge in [-0.25, -0.2) is 0 Å². The van der Waals surface area contributed by atoms with Gasteiger partial charge in [-0.05, 0) is 33.9 Å². The first-order valence-electron chi connectivity index (χ1n) is 5.90. The molecule has 8 nitrogen and oxygen atoms in total. The van der Waals surface area contributed by atoms with E-state index >= 15 is 0 Å². The number of hydrogen-bond acceptors (Lipinski definition) is 5. The van der Waals surface area contributed by atoms with Gasteiger partial charge in [0.2, 0.25) is 0 Å². The average molecular weight is 334 g/mol. The Balaban J connectivity index is 2.57. The van der Waals surface area contributed by atoms with Gasteiger partial charge in [-0.3, -0.25) is 4.79 Å². The molecular formula is C10H16BrN5O3. The lowest BCUT2D eigenvalue weighted by atomic mass is 10.4. The molecule has 0 saturated heterocycles. The van der Waals surface area contributed by atoms with Crippen molar-refractivity contribution in [2.24, 2.45) is 0 Å². The summed E-state index contributed by atoms with van der Waals surface area (Å²) < 4.78 is 0.0674. The number of aromatic nitrogens is 2. The number of carbonyl (C=O) groups excluding carboxylic acids is 1. The first-order valence-corrected chi connectivity index (χ1v) is 6.69. The zero-order valence-electron chi connectivity index (χ0n) is 10.8. The monoisotopic (exact) mass is 333 g/mol. The number of nitrogens with zero attached hydrogens (tertiary/aromatic N) is 3. The van der Waals surface area contributed by atoms with Crippen molar-refractivity contribution in [3.05, 3.63) is 20.3 Å². The van der Waals surface area contributed by atoms with Crippen LogP contribution in [0.4, 0.5) is 5.82 Å². The highest BCUT2D eigenvalue weighted by Gasteiger charge is 2.24. The zero-order chi connectivity index (χ0) is 14.4. The van der Waals surface area contributed by atoms with E-state index in [1.54, 1.807) is 0 Å². The lowest BCUT2D eigenvalue weighted by Crippen LogP contribution is -2.35. The molecule has 2 N–H and O–H groups in total. The van der Waals surface area contributed by atoms with Crippen LogP contribution in [0.2, 0.25) is 0 Å². The van der Waals surface area contributed by atoms with Crippen LogP contribution in [-0.2, 0) is 0 Å². The Morgan fingerprint density at radius 2 is 2.16 bits per heavy atom. The van der Waals surface area contributed by atoms with Crippen LogP contribution >= 0.6 is 15.9 Å². The van der Waals surface area contributed by atoms with Crippen molar-refractivity contribution in [3.63, 3.8) is 0 Å². The first-order chi connectivity index (χ1) is 9.01. The molecule has 0 bridgehead atoms. The van der Waals surface area contributed by atoms with Gasteiger partial charge in [-0.15, -0.1) is 5.10 Å². The number of H-pyrrole nitrogens is 1. The molecule has 1 aromatic heterocycles. The van der Waals surface area contributed by atoms with Crippen molar-refractivity contribution in [2.75, 3.05) is 26.2 Å². The summed E-state index contributed by atoms with van der Waals surface area (Å²) in [6, 6.07) is 0. The predicted octanol–water partition coefficient (Wildman–Crippen LogP) is 1.15. The van der Waals surface area contributed by atoms with E-state index in [2.05, 4.69) is 36.3 Å². The quantitative estimate of drug-likeness (QED) is 0.575. The number of carbonyl (C=O) groups is 1. The highest BCUT2D eigenvalue weighted by atomic mass is 79.9. The molecule has 0 aliphatic rings. The van der Waals surface area contributed by atoms with E-state index < -0.39 is 10.8 Å². The Morgan fingerprint density at radius 1 is 1.53 bits per heavy atom. The summed E-state index contributed by atoms with van der Waals surface area (Å²) in [6.45, 7) is 7.09. The molecule has 0 atom stereocenters. The number of likely N-dealkylation sites (N-methyl/N-ethyl adjacent to an activating group) is 1. The molecule has 0 aliphatic carbocycles. The van der Waals surface area contributed by atoms with Gasteiger partial charge in [0, 0.05) is 13.1 Å². The smallest absolute Gasteiger partial charge is 0.357 e. The molecule has 106 valence electrons. The second-order valence-corrected chi connectivity index (χ2v) is 4.57. The average Bonchev–Trinajstić information content (AvgIpc) is 2.76. The number of rotatable bonds is 7. The van der Waals surface area contributed by atoms with Crippen LogP contribution in [-0.4, -0.2) is 52.1 Å². The van der Waals surface area contributed by atoms with Crippen molar-refractivity contribution < 1.29 is 9.72 Å². The molecule has 0 radical (unpaired) electrons. The molecule has 0 fully saturated rings. The minimum Gasteiger partial charge on any atom is -0.358 e. The van der Waals surface area contributed by atoms with Gasteiger partial charge in [0.25, 0.3) is 5.91 Å². The summed E-state index contributed by atoms with van der Waals surface area (Å²) in [7, 11) is 0. The number of amides is 1. The first kappa shape index (κ1) is 15.6. The second-order valence-electron chi connectivity index (χ2n) is 3.77. The molecule has 0 unspecified atom stereocenters. The second kappa shape index (κ2) is 7.19. The third kappa shape index (κ3) is 4.00. The molecule has 19 heavy (non-hydrogen) atoms. The van der Waals surface area contributed by atoms with E-state index in [9.17, 15) is 14.9 Å². The zero-order valence-corrected chi connectivity index (χ0v) is 12.4. The summed E-state index contributed by atoms with van der Waals surface area (Å²) in [5, 5.41) is 19.1. The Hall–Kier alpha value is -1.48. The highest BCUT2D eigenvalue weighted by Crippen LogP contribution is 2.25. The molecule has 0 aliphatic heterocycles. The SMILES string of the molecule is CCN(CC)CCNC(=O)c1n[nH]c([N+](=O)[O-])c1Br. The predicted molar refractivity (Wildman–Crippen MR) is 73.1 cm³/mol. The number of nitrogens with one attached hydrogen (secondary N) is 2. The van der Waals surface area contributed by atoms with Gasteiger partial charge in [-0.2, -0.15) is 0 Å². The van der Waals surface area contributed by atoms with Gasteiger partial charge >= 0.3 is 5.82 Å². The van der Waals surface area contributed by atoms with Crippen molar-refractivity contribution in [1.29, 1.82) is 0 Å². The normalized spacial score (nSPS) is 10.7. The van der Waals surface area contributed by atoms with Crippen LogP contribution in [0.15, 0.2) is 4.47 Å². The Morgan fingerprint density at radius 3 is 2.63 bits per heavy atom. The van der Waals surface area contributed by atoms with E-state index in [1.807, 2.05) is 13.8 Å². The van der Waals surface area contributed by atoms with Crippen molar-refractivity contribution in [1.82, 2.24) is 20.4 Å². The van der Waals surface area contributed by atoms with Crippen LogP contribution in [0.1, 0.15) is 24.3 Å². The maximum atomic E-state index is 11.8. The van der Waals surface area contributed by atoms with Gasteiger partial charge in [0.15, 0.2) is 5.69 Å². The third-order valence-electron chi connectivity index (χ3n) is 2.70. The van der Waals surface area contributed by atoms with Crippen LogP contribution in [0.25, 0.3) is 0 Å². The molecular weight excluding hydrogens is 318 g/mol. The molecule has 0 spiro atoms. The molecule has 9 heteroatoms. The Bertz CT molecular complexity index is 458.